The summed E-state index contributed by atoms with van der Waals surface area (Å²) in [5.41, 5.74) is 5.94. The molecule has 0 atom stereocenters. The van der Waals surface area contributed by atoms with Gasteiger partial charge in [-0.25, -0.2) is 0 Å². The fraction of sp³-hybridized carbons (Fsp3) is 0.333. The van der Waals surface area contributed by atoms with Crippen molar-refractivity contribution in [1.29, 1.82) is 0 Å². The van der Waals surface area contributed by atoms with Gasteiger partial charge < -0.3 is 5.32 Å². The zero-order chi connectivity index (χ0) is 9.54. The Morgan fingerprint density at radius 3 is 3.07 bits per heavy atom. The van der Waals surface area contributed by atoms with Gasteiger partial charge in [-0.3, -0.25) is 0 Å². The van der Waals surface area contributed by atoms with Crippen LogP contribution in [0, 0.1) is 0 Å². The minimum absolute atomic E-state index is 1.05. The molecule has 0 fully saturated rings. The molecule has 1 aromatic carbocycles. The van der Waals surface area contributed by atoms with Gasteiger partial charge in [0.25, 0.3) is 0 Å². The van der Waals surface area contributed by atoms with Gasteiger partial charge in [-0.15, -0.1) is 0 Å². The van der Waals surface area contributed by atoms with Gasteiger partial charge in [-0.2, -0.15) is 0 Å². The predicted molar refractivity (Wildman–Crippen MR) is 63.4 cm³/mol. The van der Waals surface area contributed by atoms with Crippen molar-refractivity contribution in [2.45, 2.75) is 19.3 Å². The van der Waals surface area contributed by atoms with Gasteiger partial charge in [-0.05, 0) is 42.5 Å². The Labute approximate surface area is 92.3 Å². The molecular weight excluding hydrogens is 238 g/mol. The fourth-order valence-corrected chi connectivity index (χ4v) is 2.82. The third-order valence-electron chi connectivity index (χ3n) is 3.13. The third-order valence-corrected chi connectivity index (χ3v) is 3.62. The first-order valence-corrected chi connectivity index (χ1v) is 5.88. The molecule has 1 aliphatic heterocycles. The van der Waals surface area contributed by atoms with E-state index in [-0.39, 0.29) is 0 Å². The first-order chi connectivity index (χ1) is 6.84. The van der Waals surface area contributed by atoms with E-state index in [4.69, 9.17) is 0 Å². The van der Waals surface area contributed by atoms with Gasteiger partial charge in [0.15, 0.2) is 0 Å². The lowest BCUT2D eigenvalue weighted by Gasteiger charge is -2.20. The lowest BCUT2D eigenvalue weighted by molar-refractivity contribution is 0.902. The molecule has 0 amide bonds. The maximum atomic E-state index is 3.51. The Bertz CT molecular complexity index is 420. The summed E-state index contributed by atoms with van der Waals surface area (Å²) < 4.78 is 1.16. The van der Waals surface area contributed by atoms with Crippen LogP contribution in [0.3, 0.4) is 0 Å². The second-order valence-electron chi connectivity index (χ2n) is 3.98. The van der Waals surface area contributed by atoms with Crippen LogP contribution in [-0.2, 0) is 0 Å². The molecule has 3 rings (SSSR count). The Morgan fingerprint density at radius 1 is 1.21 bits per heavy atom. The highest BCUT2D eigenvalue weighted by atomic mass is 79.9. The summed E-state index contributed by atoms with van der Waals surface area (Å²) >= 11 is 3.51. The van der Waals surface area contributed by atoms with E-state index in [1.54, 1.807) is 11.1 Å². The van der Waals surface area contributed by atoms with Crippen LogP contribution in [0.5, 0.6) is 0 Å². The highest BCUT2D eigenvalue weighted by Crippen LogP contribution is 2.41. The fourth-order valence-electron chi connectivity index (χ4n) is 2.45. The van der Waals surface area contributed by atoms with Crippen molar-refractivity contribution in [2.75, 3.05) is 11.9 Å². The number of fused-ring (bicyclic) bond motifs is 2. The molecule has 72 valence electrons. The van der Waals surface area contributed by atoms with Crippen LogP contribution in [0.25, 0.3) is 5.57 Å². The molecule has 1 N–H and O–H groups in total. The molecule has 0 unspecified atom stereocenters. The number of allylic oxidation sites excluding steroid dienone is 1. The van der Waals surface area contributed by atoms with Crippen molar-refractivity contribution >= 4 is 27.2 Å². The minimum Gasteiger partial charge on any atom is -0.381 e. The highest BCUT2D eigenvalue weighted by Gasteiger charge is 2.22. The monoisotopic (exact) mass is 249 g/mol. The second kappa shape index (κ2) is 3.13. The molecule has 1 aliphatic carbocycles. The van der Waals surface area contributed by atoms with Crippen LogP contribution in [0.1, 0.15) is 24.8 Å². The van der Waals surface area contributed by atoms with E-state index in [9.17, 15) is 0 Å². The molecule has 1 nitrogen and oxygen atoms in total. The van der Waals surface area contributed by atoms with Crippen molar-refractivity contribution in [3.63, 3.8) is 0 Å². The molecule has 0 spiro atoms. The number of hydrogen-bond donors (Lipinski definition) is 1. The molecule has 1 aromatic rings. The van der Waals surface area contributed by atoms with Crippen molar-refractivity contribution in [1.82, 2.24) is 0 Å². The average Bonchev–Trinajstić information content (AvgIpc) is 2.65. The van der Waals surface area contributed by atoms with Crippen LogP contribution >= 0.6 is 15.9 Å². The van der Waals surface area contributed by atoms with Crippen molar-refractivity contribution < 1.29 is 0 Å². The van der Waals surface area contributed by atoms with Crippen LogP contribution in [0.4, 0.5) is 5.69 Å². The summed E-state index contributed by atoms with van der Waals surface area (Å²) in [6.45, 7) is 1.05. The van der Waals surface area contributed by atoms with Crippen LogP contribution in [-0.4, -0.2) is 6.54 Å². The van der Waals surface area contributed by atoms with Crippen molar-refractivity contribution in [3.05, 3.63) is 33.8 Å². The topological polar surface area (TPSA) is 12.0 Å². The van der Waals surface area contributed by atoms with E-state index in [0.29, 0.717) is 0 Å². The van der Waals surface area contributed by atoms with Gasteiger partial charge >= 0.3 is 0 Å². The van der Waals surface area contributed by atoms with E-state index in [0.717, 1.165) is 11.0 Å². The van der Waals surface area contributed by atoms with Crippen molar-refractivity contribution in [2.24, 2.45) is 0 Å². The molecule has 1 heterocycles. The second-order valence-corrected chi connectivity index (χ2v) is 4.89. The Hall–Kier alpha value is -0.760. The van der Waals surface area contributed by atoms with Gasteiger partial charge in [0, 0.05) is 22.3 Å². The maximum Gasteiger partial charge on any atom is 0.0430 e. The Kier molecular flexibility index (Phi) is 1.91. The molecule has 2 heteroatoms. The molecule has 0 bridgehead atoms. The number of hydrogen-bond acceptors (Lipinski definition) is 1. The van der Waals surface area contributed by atoms with E-state index in [1.165, 1.54) is 30.5 Å². The summed E-state index contributed by atoms with van der Waals surface area (Å²) in [4.78, 5) is 0. The lowest BCUT2D eigenvalue weighted by Crippen LogP contribution is -2.11. The smallest absolute Gasteiger partial charge is 0.0430 e. The summed E-state index contributed by atoms with van der Waals surface area (Å²) in [7, 11) is 0. The van der Waals surface area contributed by atoms with E-state index in [2.05, 4.69) is 39.4 Å². The SMILES string of the molecule is Brc1ccc2c(c1)NCC1=C2CCC1. The van der Waals surface area contributed by atoms with Gasteiger partial charge in [0.2, 0.25) is 0 Å². The molecule has 0 radical (unpaired) electrons. The van der Waals surface area contributed by atoms with E-state index >= 15 is 0 Å². The number of anilines is 1. The zero-order valence-electron chi connectivity index (χ0n) is 7.94. The first-order valence-electron chi connectivity index (χ1n) is 5.09. The highest BCUT2D eigenvalue weighted by molar-refractivity contribution is 9.10. The summed E-state index contributed by atoms with van der Waals surface area (Å²) in [5.74, 6) is 0. The zero-order valence-corrected chi connectivity index (χ0v) is 9.52. The van der Waals surface area contributed by atoms with E-state index in [1.807, 2.05) is 0 Å². The summed E-state index contributed by atoms with van der Waals surface area (Å²) in [5, 5.41) is 3.49. The Balaban J connectivity index is 2.16. The molecular formula is C12H12BrN. The number of nitrogens with one attached hydrogen (secondary N) is 1. The Morgan fingerprint density at radius 2 is 2.14 bits per heavy atom. The van der Waals surface area contributed by atoms with Crippen LogP contribution < -0.4 is 5.32 Å². The van der Waals surface area contributed by atoms with Gasteiger partial charge in [0.1, 0.15) is 0 Å². The third kappa shape index (κ3) is 1.21. The quantitative estimate of drug-likeness (QED) is 0.738. The van der Waals surface area contributed by atoms with Crippen molar-refractivity contribution in [3.8, 4) is 0 Å². The average molecular weight is 250 g/mol. The normalized spacial score (nSPS) is 18.9. The van der Waals surface area contributed by atoms with Crippen LogP contribution in [0.15, 0.2) is 28.2 Å². The number of benzene rings is 1. The summed E-state index contributed by atoms with van der Waals surface area (Å²) in [6, 6.07) is 6.54. The first kappa shape index (κ1) is 8.54. The standard InChI is InChI=1S/C12H12BrN/c13-9-4-5-11-10-3-1-2-8(10)7-14-12(11)6-9/h4-6,14H,1-3,7H2. The molecule has 0 saturated carbocycles. The number of halogens is 1. The number of rotatable bonds is 0. The minimum atomic E-state index is 1.05. The molecule has 14 heavy (non-hydrogen) atoms. The van der Waals surface area contributed by atoms with Gasteiger partial charge in [-0.1, -0.05) is 22.0 Å². The molecule has 2 aliphatic rings. The predicted octanol–water partition coefficient (Wildman–Crippen LogP) is 3.81. The van der Waals surface area contributed by atoms with Gasteiger partial charge in [0.05, 0.1) is 0 Å². The van der Waals surface area contributed by atoms with E-state index < -0.39 is 0 Å². The van der Waals surface area contributed by atoms with Crippen LogP contribution in [0.2, 0.25) is 0 Å². The largest absolute Gasteiger partial charge is 0.381 e. The lowest BCUT2D eigenvalue weighted by atomic mass is 9.97. The molecule has 0 aromatic heterocycles. The maximum absolute atomic E-state index is 3.51. The summed E-state index contributed by atoms with van der Waals surface area (Å²) in [6.07, 6.45) is 3.89. The molecule has 0 saturated heterocycles.